The zero-order chi connectivity index (χ0) is 27.9. The fourth-order valence-electron chi connectivity index (χ4n) is 10.7. The van der Waals surface area contributed by atoms with Crippen LogP contribution in [0.25, 0.3) is 0 Å². The van der Waals surface area contributed by atoms with Gasteiger partial charge in [0.05, 0.1) is 30.8 Å². The minimum Gasteiger partial charge on any atom is -0.481 e. The van der Waals surface area contributed by atoms with Crippen LogP contribution in [0.1, 0.15) is 78.1 Å². The smallest absolute Gasteiger partial charge is 0.303 e. The minimum absolute atomic E-state index is 0.0330. The van der Waals surface area contributed by atoms with Crippen molar-refractivity contribution in [1.29, 1.82) is 0 Å². The number of aliphatic carboxylic acids is 1. The lowest BCUT2D eigenvalue weighted by molar-refractivity contribution is -0.303. The third kappa shape index (κ3) is 4.07. The standard InChI is InChI=1S/C29H48N2O8/c1-27-8-5-15(37-26-24(36)22(30)23(35)20(13-32)38-26)11-14(27)3-4-19-18(27)6-9-28(2)17-7-10-29(19,28)39-25(31)16(17)12-21(33)34/h14-20,22-26,32,35-36H,3-13,30-31H2,1-2H3,(H,33,34)/t14-,15+,16+,17-,18+,19-,20-,22-,23-,24-,25-,26-,27+,28-,29+/m1/s1. The predicted octanol–water partition coefficient (Wildman–Crippen LogP) is 1.33. The van der Waals surface area contributed by atoms with Gasteiger partial charge in [-0.15, -0.1) is 0 Å². The molecule has 0 aromatic carbocycles. The number of rotatable bonds is 5. The van der Waals surface area contributed by atoms with Crippen molar-refractivity contribution in [3.8, 4) is 0 Å². The number of nitrogens with two attached hydrogens (primary N) is 2. The van der Waals surface area contributed by atoms with Crippen molar-refractivity contribution in [2.24, 2.45) is 51.9 Å². The van der Waals surface area contributed by atoms with E-state index in [9.17, 15) is 25.2 Å². The number of hydrogen-bond acceptors (Lipinski definition) is 9. The van der Waals surface area contributed by atoms with E-state index in [1.165, 1.54) is 0 Å². The monoisotopic (exact) mass is 552 g/mol. The quantitative estimate of drug-likeness (QED) is 0.273. The topological polar surface area (TPSA) is 178 Å². The molecule has 0 amide bonds. The second kappa shape index (κ2) is 9.87. The van der Waals surface area contributed by atoms with Crippen molar-refractivity contribution >= 4 is 5.97 Å². The molecule has 6 rings (SSSR count). The third-order valence-corrected chi connectivity index (χ3v) is 12.8. The highest BCUT2D eigenvalue weighted by atomic mass is 16.7. The molecule has 2 heterocycles. The van der Waals surface area contributed by atoms with Crippen LogP contribution in [0.3, 0.4) is 0 Å². The number of carboxylic acids is 1. The molecule has 4 saturated carbocycles. The normalized spacial score (nSPS) is 56.8. The summed E-state index contributed by atoms with van der Waals surface area (Å²) >= 11 is 0. The molecule has 39 heavy (non-hydrogen) atoms. The van der Waals surface area contributed by atoms with E-state index in [0.29, 0.717) is 23.7 Å². The van der Waals surface area contributed by atoms with Gasteiger partial charge in [0.25, 0.3) is 0 Å². The summed E-state index contributed by atoms with van der Waals surface area (Å²) in [6, 6.07) is -0.937. The summed E-state index contributed by atoms with van der Waals surface area (Å²) in [6.07, 6.45) is 4.36. The van der Waals surface area contributed by atoms with Gasteiger partial charge in [-0.1, -0.05) is 13.8 Å². The molecule has 0 radical (unpaired) electrons. The molecule has 6 aliphatic rings. The Morgan fingerprint density at radius 2 is 1.72 bits per heavy atom. The molecule has 2 saturated heterocycles. The predicted molar refractivity (Wildman–Crippen MR) is 140 cm³/mol. The number of ether oxygens (including phenoxy) is 3. The minimum atomic E-state index is -1.16. The van der Waals surface area contributed by atoms with Gasteiger partial charge in [0.15, 0.2) is 6.29 Å². The Morgan fingerprint density at radius 1 is 0.974 bits per heavy atom. The van der Waals surface area contributed by atoms with Crippen LogP contribution in [0.4, 0.5) is 0 Å². The van der Waals surface area contributed by atoms with E-state index in [0.717, 1.165) is 57.8 Å². The Morgan fingerprint density at radius 3 is 2.44 bits per heavy atom. The molecule has 0 unspecified atom stereocenters. The van der Waals surface area contributed by atoms with Crippen LogP contribution in [0.5, 0.6) is 0 Å². The van der Waals surface area contributed by atoms with Gasteiger partial charge in [-0.05, 0) is 86.9 Å². The Hall–Kier alpha value is -0.850. The van der Waals surface area contributed by atoms with E-state index in [-0.39, 0.29) is 41.5 Å². The lowest BCUT2D eigenvalue weighted by atomic mass is 9.42. The number of aliphatic hydroxyl groups is 3. The number of fused-ring (bicyclic) bond motifs is 3. The van der Waals surface area contributed by atoms with Crippen LogP contribution in [0.15, 0.2) is 0 Å². The molecule has 222 valence electrons. The molecule has 6 fully saturated rings. The first-order valence-corrected chi connectivity index (χ1v) is 15.1. The van der Waals surface area contributed by atoms with E-state index >= 15 is 0 Å². The average Bonchev–Trinajstić information content (AvgIpc) is 3.10. The van der Waals surface area contributed by atoms with E-state index in [1.54, 1.807) is 0 Å². The zero-order valence-electron chi connectivity index (χ0n) is 23.3. The number of aliphatic hydroxyl groups excluding tert-OH is 3. The Bertz CT molecular complexity index is 952. The van der Waals surface area contributed by atoms with Crippen LogP contribution >= 0.6 is 0 Å². The van der Waals surface area contributed by atoms with Gasteiger partial charge in [-0.2, -0.15) is 0 Å². The maximum Gasteiger partial charge on any atom is 0.303 e. The fourth-order valence-corrected chi connectivity index (χ4v) is 10.7. The lowest BCUT2D eigenvalue weighted by Crippen LogP contribution is -2.68. The van der Waals surface area contributed by atoms with Crippen LogP contribution in [0, 0.1) is 40.4 Å². The summed E-state index contributed by atoms with van der Waals surface area (Å²) in [5, 5.41) is 39.9. The molecule has 2 bridgehead atoms. The SMILES string of the molecule is C[C@]12CC[C@H](O[C@@H]3O[C@H](CO)[C@@H](O)[C@@H](N)[C@H]3O)C[C@H]1CC[C@@H]1[C@@H]2CC[C@]2(C)[C@@H]3CC[C@]12O[C@@H](N)[C@H]3CC(=O)O. The third-order valence-electron chi connectivity index (χ3n) is 12.8. The molecule has 4 aliphatic carbocycles. The second-order valence-electron chi connectivity index (χ2n) is 14.1. The van der Waals surface area contributed by atoms with Gasteiger partial charge in [-0.25, -0.2) is 0 Å². The molecule has 0 aromatic rings. The van der Waals surface area contributed by atoms with Crippen molar-refractivity contribution in [2.75, 3.05) is 6.61 Å². The van der Waals surface area contributed by atoms with Gasteiger partial charge in [0, 0.05) is 11.3 Å². The van der Waals surface area contributed by atoms with Crippen molar-refractivity contribution in [1.82, 2.24) is 0 Å². The van der Waals surface area contributed by atoms with Gasteiger partial charge < -0.3 is 46.1 Å². The van der Waals surface area contributed by atoms with E-state index in [2.05, 4.69) is 13.8 Å². The zero-order valence-corrected chi connectivity index (χ0v) is 23.3. The van der Waals surface area contributed by atoms with Crippen LogP contribution in [-0.2, 0) is 19.0 Å². The molecular weight excluding hydrogens is 504 g/mol. The van der Waals surface area contributed by atoms with Crippen LogP contribution in [-0.4, -0.2) is 81.6 Å². The second-order valence-corrected chi connectivity index (χ2v) is 14.1. The molecular formula is C29H48N2O8. The van der Waals surface area contributed by atoms with Crippen molar-refractivity contribution in [3.63, 3.8) is 0 Å². The first-order valence-electron chi connectivity index (χ1n) is 15.1. The highest BCUT2D eigenvalue weighted by Gasteiger charge is 2.72. The van der Waals surface area contributed by atoms with Crippen molar-refractivity contribution < 1.29 is 39.4 Å². The van der Waals surface area contributed by atoms with E-state index in [1.807, 2.05) is 0 Å². The van der Waals surface area contributed by atoms with Crippen molar-refractivity contribution in [2.45, 2.75) is 127 Å². The van der Waals surface area contributed by atoms with E-state index in [4.69, 9.17) is 25.7 Å². The highest BCUT2D eigenvalue weighted by molar-refractivity contribution is 5.67. The Kier molecular flexibility index (Phi) is 7.15. The lowest BCUT2D eigenvalue weighted by Gasteiger charge is -2.67. The maximum absolute atomic E-state index is 11.6. The number of carbonyl (C=O) groups is 1. The average molecular weight is 553 g/mol. The first-order chi connectivity index (χ1) is 18.4. The van der Waals surface area contributed by atoms with Gasteiger partial charge in [0.2, 0.25) is 0 Å². The molecule has 0 spiro atoms. The summed E-state index contributed by atoms with van der Waals surface area (Å²) in [5.74, 6) is 0.787. The van der Waals surface area contributed by atoms with Gasteiger partial charge in [0.1, 0.15) is 24.5 Å². The molecule has 15 atom stereocenters. The van der Waals surface area contributed by atoms with Crippen LogP contribution in [0.2, 0.25) is 0 Å². The summed E-state index contributed by atoms with van der Waals surface area (Å²) in [7, 11) is 0. The Labute approximate surface area is 230 Å². The maximum atomic E-state index is 11.6. The fraction of sp³-hybridized carbons (Fsp3) is 0.966. The molecule has 10 nitrogen and oxygen atoms in total. The van der Waals surface area contributed by atoms with E-state index < -0.39 is 42.8 Å². The van der Waals surface area contributed by atoms with Crippen LogP contribution < -0.4 is 11.5 Å². The Balaban J connectivity index is 1.17. The number of carboxylic acid groups (broad SMARTS) is 1. The first kappa shape index (κ1) is 28.3. The summed E-state index contributed by atoms with van der Waals surface area (Å²) in [6.45, 7) is 4.42. The molecule has 0 aromatic heterocycles. The summed E-state index contributed by atoms with van der Waals surface area (Å²) in [5.41, 5.74) is 12.4. The largest absolute Gasteiger partial charge is 0.481 e. The van der Waals surface area contributed by atoms with Crippen molar-refractivity contribution in [3.05, 3.63) is 0 Å². The number of hydrogen-bond donors (Lipinski definition) is 6. The van der Waals surface area contributed by atoms with Gasteiger partial charge in [-0.3, -0.25) is 4.79 Å². The van der Waals surface area contributed by atoms with Gasteiger partial charge >= 0.3 is 5.97 Å². The summed E-state index contributed by atoms with van der Waals surface area (Å²) in [4.78, 5) is 11.6. The highest BCUT2D eigenvalue weighted by Crippen LogP contribution is 2.73. The molecule has 8 N–H and O–H groups in total. The molecule has 2 aliphatic heterocycles. The summed E-state index contributed by atoms with van der Waals surface area (Å²) < 4.78 is 18.8. The molecule has 10 heteroatoms.